The maximum absolute atomic E-state index is 5.02. The number of anilines is 4. The number of rotatable bonds is 8. The summed E-state index contributed by atoms with van der Waals surface area (Å²) in [5.74, 6) is 3.19. The Morgan fingerprint density at radius 3 is 0.780 bits per heavy atom. The van der Waals surface area contributed by atoms with Gasteiger partial charge in [0.1, 0.15) is 46.4 Å². The van der Waals surface area contributed by atoms with Crippen LogP contribution in [0.2, 0.25) is 0 Å². The van der Waals surface area contributed by atoms with E-state index in [-0.39, 0.29) is 39.0 Å². The van der Waals surface area contributed by atoms with Gasteiger partial charge in [-0.2, -0.15) is 0 Å². The van der Waals surface area contributed by atoms with Gasteiger partial charge in [0.05, 0.1) is 66.9 Å². The van der Waals surface area contributed by atoms with Crippen molar-refractivity contribution in [3.8, 4) is 0 Å². The summed E-state index contributed by atoms with van der Waals surface area (Å²) in [6.45, 7) is 0. The van der Waals surface area contributed by atoms with E-state index in [1.54, 1.807) is 24.8 Å². The molecule has 12 aromatic rings. The predicted molar refractivity (Wildman–Crippen MR) is 306 cm³/mol. The maximum Gasteiger partial charge on any atom is 2.00 e. The van der Waals surface area contributed by atoms with Crippen LogP contribution in [0.25, 0.3) is 65.4 Å². The SMILES string of the molecule is [Zn+2].[Zn+2].c1ccc(C23N=C(Nc4nc5ccccc5[nH]4)[N-]C2(c2ccccn2)[N-]C(Nc2nc4ccccc4[nH]2)=N3)nc1.c1ccc(C23N=C(Nc4nc5ccccc5[nH]4)[N-]C2(c2ccccn2)[N-]C(Nc2nc4ccccc4[nH]2)=N3)nc1. The number of imidazole rings is 4. The monoisotopic (exact) mass is 1180 g/mol. The molecule has 0 radical (unpaired) electrons. The van der Waals surface area contributed by atoms with E-state index >= 15 is 0 Å². The Morgan fingerprint density at radius 1 is 0.293 bits per heavy atom. The number of para-hydroxylation sites is 8. The summed E-state index contributed by atoms with van der Waals surface area (Å²) in [7, 11) is 0. The van der Waals surface area contributed by atoms with Crippen LogP contribution in [0.15, 0.2) is 215 Å². The van der Waals surface area contributed by atoms with Crippen LogP contribution >= 0.6 is 0 Å². The Labute approximate surface area is 490 Å². The minimum absolute atomic E-state index is 0. The first-order valence-electron chi connectivity index (χ1n) is 25.3. The van der Waals surface area contributed by atoms with E-state index in [1.807, 2.05) is 170 Å². The molecule has 16 rings (SSSR count). The number of H-pyrrole nitrogens is 4. The van der Waals surface area contributed by atoms with Gasteiger partial charge in [-0.25, -0.2) is 19.9 Å². The molecule has 0 bridgehead atoms. The van der Waals surface area contributed by atoms with Crippen molar-refractivity contribution in [3.05, 3.63) is 239 Å². The van der Waals surface area contributed by atoms with Gasteiger partial charge in [0.2, 0.25) is 0 Å². The number of benzene rings is 4. The van der Waals surface area contributed by atoms with E-state index in [0.717, 1.165) is 44.1 Å². The minimum atomic E-state index is -1.37. The third kappa shape index (κ3) is 8.59. The van der Waals surface area contributed by atoms with Gasteiger partial charge in [0, 0.05) is 48.6 Å². The number of hydrogen-bond donors (Lipinski definition) is 8. The van der Waals surface area contributed by atoms with Crippen molar-refractivity contribution >= 4 is 91.8 Å². The zero-order valence-corrected chi connectivity index (χ0v) is 49.0. The van der Waals surface area contributed by atoms with E-state index in [2.05, 4.69) is 81.1 Å². The van der Waals surface area contributed by atoms with Gasteiger partial charge >= 0.3 is 39.0 Å². The number of hydrogen-bond acceptors (Lipinski definition) is 16. The van der Waals surface area contributed by atoms with E-state index in [4.69, 9.17) is 41.2 Å². The van der Waals surface area contributed by atoms with Gasteiger partial charge in [-0.15, -0.1) is 0 Å². The van der Waals surface area contributed by atoms with Gasteiger partial charge in [0.15, 0.2) is 0 Å². The molecular formula is C56H40N24Zn2. The molecule has 0 amide bonds. The van der Waals surface area contributed by atoms with Crippen molar-refractivity contribution in [1.82, 2.24) is 59.8 Å². The molecule has 388 valence electrons. The largest absolute Gasteiger partial charge is 2.00 e. The molecule has 82 heavy (non-hydrogen) atoms. The minimum Gasteiger partial charge on any atom is -0.383 e. The first-order chi connectivity index (χ1) is 39.4. The van der Waals surface area contributed by atoms with Crippen LogP contribution in [-0.2, 0) is 61.6 Å². The normalized spacial score (nSPS) is 20.9. The van der Waals surface area contributed by atoms with Crippen molar-refractivity contribution in [2.45, 2.75) is 22.7 Å². The predicted octanol–water partition coefficient (Wildman–Crippen LogP) is 9.89. The van der Waals surface area contributed by atoms with Crippen LogP contribution in [0.4, 0.5) is 23.8 Å². The summed E-state index contributed by atoms with van der Waals surface area (Å²) in [6, 6.07) is 53.5. The van der Waals surface area contributed by atoms with Crippen molar-refractivity contribution < 1.29 is 39.0 Å². The van der Waals surface area contributed by atoms with Gasteiger partial charge in [-0.3, -0.25) is 19.9 Å². The van der Waals surface area contributed by atoms with Gasteiger partial charge in [-0.1, -0.05) is 72.8 Å². The van der Waals surface area contributed by atoms with Crippen LogP contribution < -0.4 is 21.3 Å². The molecule has 0 unspecified atom stereocenters. The molecule has 4 aliphatic rings. The summed E-state index contributed by atoms with van der Waals surface area (Å²) in [5.41, 5.74) is 3.64. The number of pyridine rings is 4. The average Bonchev–Trinajstić information content (AvgIpc) is 2.57. The standard InChI is InChI=1S/2C28H20N12.2Zn/c2*1-2-10-18-17(9-1)31-23(32-18)35-25-37-27(21-13-5-7-15-29-21)28(38-25,22-14-6-8-16-30-22)40-26(39-27)36-24-33-19-11-3-4-12-20(19)34-24;;/h2*1-16H,(H4-2,31,32,33,34,35,36,37,38,39,40);;/q2*-2;2*+2. The molecular weight excluding hydrogens is 1140 g/mol. The van der Waals surface area contributed by atoms with Crippen LogP contribution in [0.1, 0.15) is 22.8 Å². The number of aromatic amines is 4. The number of nitrogens with one attached hydrogen (secondary N) is 8. The quantitative estimate of drug-likeness (QED) is 0.0659. The molecule has 12 heterocycles. The number of aromatic nitrogens is 12. The van der Waals surface area contributed by atoms with Crippen molar-refractivity contribution in [2.24, 2.45) is 20.0 Å². The molecule has 4 aliphatic heterocycles. The summed E-state index contributed by atoms with van der Waals surface area (Å²) in [4.78, 5) is 70.2. The molecule has 8 N–H and O–H groups in total. The second-order valence-electron chi connectivity index (χ2n) is 18.6. The van der Waals surface area contributed by atoms with E-state index in [1.165, 1.54) is 0 Å². The Morgan fingerprint density at radius 2 is 0.537 bits per heavy atom. The van der Waals surface area contributed by atoms with Gasteiger partial charge in [-0.05, 0) is 97.1 Å². The number of aliphatic imine (C=N–C) groups is 4. The number of nitrogens with zero attached hydrogens (tertiary/aromatic N) is 16. The molecule has 0 spiro atoms. The summed E-state index contributed by atoms with van der Waals surface area (Å²) in [5, 5.41) is 33.0. The molecule has 24 nitrogen and oxygen atoms in total. The number of fused-ring (bicyclic) bond motifs is 6. The Bertz CT molecular complexity index is 3820. The Hall–Kier alpha value is -10.3. The van der Waals surface area contributed by atoms with Crippen LogP contribution in [-0.4, -0.2) is 83.6 Å². The van der Waals surface area contributed by atoms with E-state index in [0.29, 0.717) is 70.4 Å². The average molecular weight is 1180 g/mol. The fraction of sp³-hybridized carbons (Fsp3) is 0.0714. The molecule has 0 saturated heterocycles. The van der Waals surface area contributed by atoms with Crippen molar-refractivity contribution in [1.29, 1.82) is 0 Å². The van der Waals surface area contributed by atoms with Crippen LogP contribution in [0, 0.1) is 0 Å². The number of guanidine groups is 4. The third-order valence-electron chi connectivity index (χ3n) is 13.7. The zero-order chi connectivity index (χ0) is 53.1. The topological polar surface area (TPSA) is 320 Å². The van der Waals surface area contributed by atoms with Gasteiger partial charge < -0.3 is 82.4 Å². The first kappa shape index (κ1) is 51.1. The molecule has 4 aromatic carbocycles. The molecule has 0 atom stereocenters. The molecule has 0 fully saturated rings. The first-order valence-corrected chi connectivity index (χ1v) is 25.3. The third-order valence-corrected chi connectivity index (χ3v) is 13.7. The van der Waals surface area contributed by atoms with Crippen molar-refractivity contribution in [3.63, 3.8) is 0 Å². The molecule has 0 aliphatic carbocycles. The van der Waals surface area contributed by atoms with Gasteiger partial charge in [0.25, 0.3) is 0 Å². The Balaban J connectivity index is 0.000000150. The fourth-order valence-corrected chi connectivity index (χ4v) is 10.2. The summed E-state index contributed by atoms with van der Waals surface area (Å²) < 4.78 is 0. The second-order valence-corrected chi connectivity index (χ2v) is 18.6. The summed E-state index contributed by atoms with van der Waals surface area (Å²) in [6.07, 6.45) is 6.81. The smallest absolute Gasteiger partial charge is 0.383 e. The fourth-order valence-electron chi connectivity index (χ4n) is 10.2. The Kier molecular flexibility index (Phi) is 12.7. The second kappa shape index (κ2) is 20.4. The zero-order valence-electron chi connectivity index (χ0n) is 43.0. The molecule has 8 aromatic heterocycles. The van der Waals surface area contributed by atoms with E-state index < -0.39 is 22.7 Å². The molecule has 26 heteroatoms. The van der Waals surface area contributed by atoms with E-state index in [9.17, 15) is 0 Å². The van der Waals surface area contributed by atoms with Crippen molar-refractivity contribution in [2.75, 3.05) is 21.3 Å². The molecule has 0 saturated carbocycles. The summed E-state index contributed by atoms with van der Waals surface area (Å²) >= 11 is 0. The maximum atomic E-state index is 5.02. The van der Waals surface area contributed by atoms with Crippen LogP contribution in [0.5, 0.6) is 0 Å². The van der Waals surface area contributed by atoms with Crippen LogP contribution in [0.3, 0.4) is 0 Å².